The van der Waals surface area contributed by atoms with Gasteiger partial charge in [-0.15, -0.1) is 0 Å². The Morgan fingerprint density at radius 1 is 1.22 bits per heavy atom. The topological polar surface area (TPSA) is 113 Å². The number of halogens is 6. The summed E-state index contributed by atoms with van der Waals surface area (Å²) in [5, 5.41) is 9.15. The van der Waals surface area contributed by atoms with Crippen molar-refractivity contribution in [3.05, 3.63) is 28.0 Å². The first-order valence-corrected chi connectivity index (χ1v) is 15.5. The van der Waals surface area contributed by atoms with E-state index in [1.165, 1.54) is 6.92 Å². The molecule has 15 heteroatoms. The molecule has 1 aromatic carbocycles. The third-order valence-corrected chi connectivity index (χ3v) is 10.6. The van der Waals surface area contributed by atoms with Gasteiger partial charge in [0.2, 0.25) is 0 Å². The van der Waals surface area contributed by atoms with Gasteiger partial charge in [-0.05, 0) is 50.8 Å². The quantitative estimate of drug-likeness (QED) is 0.324. The highest BCUT2D eigenvalue weighted by Crippen LogP contribution is 2.54. The number of aromatic nitrogens is 3. The minimum absolute atomic E-state index is 0.0450. The Labute approximate surface area is 266 Å². The van der Waals surface area contributed by atoms with E-state index in [1.807, 2.05) is 9.80 Å². The van der Waals surface area contributed by atoms with Crippen LogP contribution < -0.4 is 20.1 Å². The highest BCUT2D eigenvalue weighted by Gasteiger charge is 2.51. The molecule has 3 aromatic rings. The van der Waals surface area contributed by atoms with Crippen LogP contribution in [0.25, 0.3) is 22.2 Å². The first kappa shape index (κ1) is 30.9. The molecule has 2 saturated heterocycles. The van der Waals surface area contributed by atoms with E-state index in [9.17, 15) is 22.8 Å². The third-order valence-electron chi connectivity index (χ3n) is 10.2. The zero-order chi connectivity index (χ0) is 32.8. The van der Waals surface area contributed by atoms with Gasteiger partial charge in [-0.1, -0.05) is 11.6 Å². The van der Waals surface area contributed by atoms with Crippen molar-refractivity contribution in [3.8, 4) is 29.1 Å². The molecule has 7 rings (SSSR count). The maximum atomic E-state index is 16.9. The predicted octanol–water partition coefficient (Wildman–Crippen LogP) is 6.24. The first-order valence-electron chi connectivity index (χ1n) is 15.1. The second kappa shape index (κ2) is 10.7. The molecule has 1 saturated carbocycles. The summed E-state index contributed by atoms with van der Waals surface area (Å²) in [6.07, 6.45) is -2.62. The minimum atomic E-state index is -4.92. The molecule has 0 radical (unpaired) electrons. The lowest BCUT2D eigenvalue weighted by molar-refractivity contribution is -0.137. The van der Waals surface area contributed by atoms with E-state index >= 15 is 4.39 Å². The number of anilines is 2. The Kier molecular flexibility index (Phi) is 7.17. The summed E-state index contributed by atoms with van der Waals surface area (Å²) in [4.78, 5) is 16.9. The minimum Gasteiger partial charge on any atom is -0.491 e. The fourth-order valence-corrected chi connectivity index (χ4v) is 8.25. The van der Waals surface area contributed by atoms with Crippen LogP contribution in [0.2, 0.25) is 5.02 Å². The molecule has 0 amide bonds. The van der Waals surface area contributed by atoms with Crippen LogP contribution in [0.4, 0.5) is 33.6 Å². The fourth-order valence-electron chi connectivity index (χ4n) is 7.93. The molecule has 0 unspecified atom stereocenters. The molecule has 2 atom stereocenters. The molecule has 2 aromatic heterocycles. The monoisotopic (exact) mass is 663 g/mol. The van der Waals surface area contributed by atoms with Crippen molar-refractivity contribution in [2.24, 2.45) is 5.92 Å². The molecule has 5 heterocycles. The van der Waals surface area contributed by atoms with Crippen molar-refractivity contribution in [1.29, 1.82) is 5.26 Å². The average molecular weight is 664 g/mol. The number of hydrogen-bond donors (Lipinski definition) is 1. The van der Waals surface area contributed by atoms with Gasteiger partial charge in [-0.25, -0.2) is 13.8 Å². The molecule has 4 aliphatic rings. The number of hydrogen-bond acceptors (Lipinski definition) is 9. The van der Waals surface area contributed by atoms with E-state index in [4.69, 9.17) is 26.8 Å². The van der Waals surface area contributed by atoms with Gasteiger partial charge in [-0.3, -0.25) is 4.90 Å². The van der Waals surface area contributed by atoms with Gasteiger partial charge in [0, 0.05) is 32.0 Å². The van der Waals surface area contributed by atoms with Gasteiger partial charge < -0.3 is 20.1 Å². The number of fused-ring (bicyclic) bond motifs is 1. The summed E-state index contributed by atoms with van der Waals surface area (Å²) in [7, 11) is 1.76. The predicted molar refractivity (Wildman–Crippen MR) is 160 cm³/mol. The van der Waals surface area contributed by atoms with Crippen molar-refractivity contribution in [1.82, 2.24) is 19.9 Å². The summed E-state index contributed by atoms with van der Waals surface area (Å²) < 4.78 is 86.7. The van der Waals surface area contributed by atoms with Crippen LogP contribution in [-0.4, -0.2) is 70.5 Å². The fraction of sp³-hybridized carbons (Fsp3) is 0.548. The number of alkyl halides is 4. The van der Waals surface area contributed by atoms with E-state index in [0.717, 1.165) is 19.0 Å². The van der Waals surface area contributed by atoms with Gasteiger partial charge in [-0.2, -0.15) is 28.4 Å². The van der Waals surface area contributed by atoms with Gasteiger partial charge in [0.25, 0.3) is 0 Å². The Hall–Kier alpha value is -3.70. The molecular formula is C31H31ClF5N7O2. The lowest BCUT2D eigenvalue weighted by atomic mass is 9.66. The van der Waals surface area contributed by atoms with Crippen LogP contribution in [0.1, 0.15) is 49.7 Å². The number of benzene rings is 1. The van der Waals surface area contributed by atoms with Gasteiger partial charge >= 0.3 is 12.2 Å². The highest BCUT2D eigenvalue weighted by atomic mass is 35.5. The summed E-state index contributed by atoms with van der Waals surface area (Å²) >= 11 is 6.76. The maximum Gasteiger partial charge on any atom is 0.418 e. The molecule has 0 bridgehead atoms. The van der Waals surface area contributed by atoms with Crippen molar-refractivity contribution >= 4 is 34.1 Å². The van der Waals surface area contributed by atoms with Gasteiger partial charge in [0.15, 0.2) is 11.6 Å². The normalized spacial score (nSPS) is 27.6. The molecular weight excluding hydrogens is 633 g/mol. The standard InChI is InChI=1S/C31H31ClF5N7O2/c1-15-8-18(39)40-24(21(15)31(35,36)37)19-22(32)26-20-25(23(19)34)41-28(46-14-30-4-3-6-44(30)13-17(33)11-30)42-27(20)43(2)29(5-7-45-26)9-16(10-29)12-38/h8,16-17H,3-7,9-11,13-14H2,1-2H3,(H2,39,40)/t16?,17-,29?,30+/m1/s1. The molecule has 244 valence electrons. The number of nitrogens with two attached hydrogens (primary N) is 1. The van der Waals surface area contributed by atoms with Crippen LogP contribution >= 0.6 is 11.6 Å². The molecule has 3 aliphatic heterocycles. The zero-order valence-electron chi connectivity index (χ0n) is 25.1. The first-order chi connectivity index (χ1) is 21.8. The summed E-state index contributed by atoms with van der Waals surface area (Å²) in [5.74, 6) is -1.53. The number of aryl methyl sites for hydroxylation is 1. The van der Waals surface area contributed by atoms with E-state index in [-0.39, 0.29) is 65.4 Å². The molecule has 46 heavy (non-hydrogen) atoms. The van der Waals surface area contributed by atoms with Crippen molar-refractivity contribution in [2.75, 3.05) is 44.0 Å². The summed E-state index contributed by atoms with van der Waals surface area (Å²) in [5.41, 5.74) is 1.46. The number of rotatable bonds is 4. The van der Waals surface area contributed by atoms with E-state index in [1.54, 1.807) is 7.05 Å². The molecule has 3 fully saturated rings. The highest BCUT2D eigenvalue weighted by molar-refractivity contribution is 6.36. The van der Waals surface area contributed by atoms with Crippen LogP contribution in [0.15, 0.2) is 6.07 Å². The molecule has 9 nitrogen and oxygen atoms in total. The van der Waals surface area contributed by atoms with Gasteiger partial charge in [0.05, 0.1) is 51.4 Å². The van der Waals surface area contributed by atoms with Crippen LogP contribution in [-0.2, 0) is 6.18 Å². The zero-order valence-corrected chi connectivity index (χ0v) is 25.9. The van der Waals surface area contributed by atoms with Crippen molar-refractivity contribution < 1.29 is 31.4 Å². The van der Waals surface area contributed by atoms with Crippen molar-refractivity contribution in [2.45, 2.75) is 68.9 Å². The maximum absolute atomic E-state index is 16.9. The second-order valence-corrected chi connectivity index (χ2v) is 13.3. The number of nitrogens with zero attached hydrogens (tertiary/aromatic N) is 6. The average Bonchev–Trinajstić information content (AvgIpc) is 3.48. The number of pyridine rings is 1. The number of ether oxygens (including phenoxy) is 2. The Morgan fingerprint density at radius 3 is 2.70 bits per heavy atom. The van der Waals surface area contributed by atoms with Crippen LogP contribution in [0, 0.1) is 30.0 Å². The number of nitrogen functional groups attached to an aromatic ring is 1. The van der Waals surface area contributed by atoms with E-state index < -0.39 is 51.1 Å². The largest absolute Gasteiger partial charge is 0.491 e. The SMILES string of the molecule is Cc1cc(N)nc(-c2c(Cl)c3c4c(nc(OC[C@@]56CCCN5C[C@H](F)C6)nc4c2F)N(C)C2(CCO3)CC(C#N)C2)c1C(F)(F)F. The Balaban J connectivity index is 1.44. The summed E-state index contributed by atoms with van der Waals surface area (Å²) in [6.45, 7) is 2.35. The lowest BCUT2D eigenvalue weighted by Crippen LogP contribution is -2.57. The van der Waals surface area contributed by atoms with Gasteiger partial charge in [0.1, 0.15) is 29.9 Å². The van der Waals surface area contributed by atoms with E-state index in [0.29, 0.717) is 32.2 Å². The summed E-state index contributed by atoms with van der Waals surface area (Å²) in [6, 6.07) is 3.11. The van der Waals surface area contributed by atoms with Crippen LogP contribution in [0.3, 0.4) is 0 Å². The second-order valence-electron chi connectivity index (χ2n) is 13.0. The van der Waals surface area contributed by atoms with E-state index in [2.05, 4.69) is 21.0 Å². The number of nitriles is 1. The third kappa shape index (κ3) is 4.68. The van der Waals surface area contributed by atoms with Crippen molar-refractivity contribution in [3.63, 3.8) is 0 Å². The smallest absolute Gasteiger partial charge is 0.418 e. The van der Waals surface area contributed by atoms with Crippen LogP contribution in [0.5, 0.6) is 11.8 Å². The Bertz CT molecular complexity index is 1790. The lowest BCUT2D eigenvalue weighted by Gasteiger charge is -2.52. The molecule has 1 aliphatic carbocycles. The molecule has 1 spiro atoms. The molecule has 2 N–H and O–H groups in total. The Morgan fingerprint density at radius 2 is 1.98 bits per heavy atom.